The van der Waals surface area contributed by atoms with Crippen molar-refractivity contribution in [3.8, 4) is 0 Å². The Morgan fingerprint density at radius 3 is 3.12 bits per heavy atom. The lowest BCUT2D eigenvalue weighted by molar-refractivity contribution is -0.127. The summed E-state index contributed by atoms with van der Waals surface area (Å²) >= 11 is 0. The Labute approximate surface area is 49.0 Å². The van der Waals surface area contributed by atoms with Crippen LogP contribution >= 0.6 is 0 Å². The normalized spacial score (nSPS) is 30.4. The first-order valence-electron chi connectivity index (χ1n) is 2.63. The molecule has 1 aliphatic rings. The summed E-state index contributed by atoms with van der Waals surface area (Å²) in [6.45, 7) is 3.27. The Hall–Kier alpha value is -0.120. The van der Waals surface area contributed by atoms with E-state index in [2.05, 4.69) is 5.32 Å². The predicted molar refractivity (Wildman–Crippen MR) is 29.1 cm³/mol. The molecule has 0 aromatic heterocycles. The second-order valence-electron chi connectivity index (χ2n) is 1.61. The van der Waals surface area contributed by atoms with Gasteiger partial charge in [-0.15, -0.1) is 0 Å². The van der Waals surface area contributed by atoms with Gasteiger partial charge in [-0.2, -0.15) is 0 Å². The van der Waals surface area contributed by atoms with Crippen molar-refractivity contribution < 1.29 is 9.47 Å². The summed E-state index contributed by atoms with van der Waals surface area (Å²) in [7, 11) is 1.64. The van der Waals surface area contributed by atoms with Crippen LogP contribution in [-0.4, -0.2) is 26.6 Å². The van der Waals surface area contributed by atoms with Gasteiger partial charge in [0.25, 0.3) is 0 Å². The fourth-order valence-corrected chi connectivity index (χ4v) is 0.604. The van der Waals surface area contributed by atoms with Gasteiger partial charge in [-0.05, 0) is 0 Å². The molecule has 1 heterocycles. The number of hydrogen-bond acceptors (Lipinski definition) is 3. The van der Waals surface area contributed by atoms with Gasteiger partial charge in [-0.25, -0.2) is 0 Å². The highest BCUT2D eigenvalue weighted by Crippen LogP contribution is 1.96. The minimum Gasteiger partial charge on any atom is -0.355 e. The van der Waals surface area contributed by atoms with E-state index >= 15 is 0 Å². The molecule has 8 heavy (non-hydrogen) atoms. The molecule has 1 N–H and O–H groups in total. The minimum absolute atomic E-state index is 0.0556. The Morgan fingerprint density at radius 2 is 2.75 bits per heavy atom. The molecule has 0 amide bonds. The average molecular weight is 116 g/mol. The number of nitrogens with one attached hydrogen (secondary N) is 1. The van der Waals surface area contributed by atoms with Crippen molar-refractivity contribution in [3.63, 3.8) is 0 Å². The monoisotopic (exact) mass is 116 g/mol. The third kappa shape index (κ3) is 1.43. The van der Waals surface area contributed by atoms with Crippen molar-refractivity contribution in [2.75, 3.05) is 20.3 Å². The molecule has 1 aliphatic heterocycles. The van der Waals surface area contributed by atoms with E-state index in [1.54, 1.807) is 7.11 Å². The van der Waals surface area contributed by atoms with Crippen molar-refractivity contribution in [2.45, 2.75) is 6.29 Å². The van der Waals surface area contributed by atoms with Gasteiger partial charge in [0.05, 0.1) is 6.61 Å². The van der Waals surface area contributed by atoms with Gasteiger partial charge in [0.15, 0.2) is 6.29 Å². The van der Waals surface area contributed by atoms with E-state index in [0.717, 1.165) is 6.54 Å². The number of ether oxygens (including phenoxy) is 2. The molecule has 1 saturated heterocycles. The number of methoxy groups -OCH3 is 1. The van der Waals surface area contributed by atoms with Crippen LogP contribution in [0.5, 0.6) is 0 Å². The smallest absolute Gasteiger partial charge is 0.169 e. The predicted octanol–water partition coefficient (Wildman–Crippen LogP) is -0.260. The summed E-state index contributed by atoms with van der Waals surface area (Å²) in [6, 6.07) is 0. The molecule has 1 radical (unpaired) electrons. The molecular weight excluding hydrogens is 106 g/mol. The van der Waals surface area contributed by atoms with Crippen LogP contribution in [0.3, 0.4) is 0 Å². The van der Waals surface area contributed by atoms with E-state index in [0.29, 0.717) is 6.61 Å². The van der Waals surface area contributed by atoms with Crippen LogP contribution in [0, 0.1) is 6.54 Å². The van der Waals surface area contributed by atoms with Crippen LogP contribution in [0.2, 0.25) is 0 Å². The lowest BCUT2D eigenvalue weighted by Gasteiger charge is -2.21. The van der Waals surface area contributed by atoms with Crippen molar-refractivity contribution >= 4 is 0 Å². The van der Waals surface area contributed by atoms with Crippen molar-refractivity contribution in [2.24, 2.45) is 0 Å². The Morgan fingerprint density at radius 1 is 1.88 bits per heavy atom. The molecule has 0 bridgehead atoms. The average Bonchev–Trinajstić information content (AvgIpc) is 1.90. The van der Waals surface area contributed by atoms with Gasteiger partial charge in [0.2, 0.25) is 0 Å². The lowest BCUT2D eigenvalue weighted by Crippen LogP contribution is -2.36. The number of hydrogen-bond donors (Lipinski definition) is 1. The molecule has 0 spiro atoms. The molecule has 1 atom stereocenters. The van der Waals surface area contributed by atoms with Gasteiger partial charge in [0, 0.05) is 20.2 Å². The molecule has 3 heteroatoms. The lowest BCUT2D eigenvalue weighted by atomic mass is 10.5. The van der Waals surface area contributed by atoms with Gasteiger partial charge in [0.1, 0.15) is 0 Å². The maximum Gasteiger partial charge on any atom is 0.169 e. The third-order valence-electron chi connectivity index (χ3n) is 1.06. The van der Waals surface area contributed by atoms with E-state index in [1.807, 2.05) is 6.54 Å². The van der Waals surface area contributed by atoms with Gasteiger partial charge >= 0.3 is 0 Å². The summed E-state index contributed by atoms with van der Waals surface area (Å²) in [6.07, 6.45) is -0.0556. The SMILES string of the molecule is COC1CN[CH]CO1. The van der Waals surface area contributed by atoms with Crippen molar-refractivity contribution in [3.05, 3.63) is 6.54 Å². The molecule has 0 aromatic carbocycles. The first kappa shape index (κ1) is 6.01. The van der Waals surface area contributed by atoms with Crippen LogP contribution in [0.4, 0.5) is 0 Å². The van der Waals surface area contributed by atoms with Crippen LogP contribution in [0.25, 0.3) is 0 Å². The van der Waals surface area contributed by atoms with Crippen molar-refractivity contribution in [1.29, 1.82) is 0 Å². The second kappa shape index (κ2) is 3.02. The highest BCUT2D eigenvalue weighted by Gasteiger charge is 2.10. The molecule has 1 rings (SSSR count). The molecular formula is C5H10NO2. The zero-order valence-electron chi connectivity index (χ0n) is 4.89. The van der Waals surface area contributed by atoms with Crippen LogP contribution in [-0.2, 0) is 9.47 Å². The number of rotatable bonds is 1. The largest absolute Gasteiger partial charge is 0.355 e. The second-order valence-corrected chi connectivity index (χ2v) is 1.61. The minimum atomic E-state index is -0.0556. The van der Waals surface area contributed by atoms with E-state index in [1.165, 1.54) is 0 Å². The van der Waals surface area contributed by atoms with E-state index in [-0.39, 0.29) is 6.29 Å². The molecule has 0 aliphatic carbocycles. The summed E-state index contributed by atoms with van der Waals surface area (Å²) < 4.78 is 9.97. The quantitative estimate of drug-likeness (QED) is 0.512. The Bertz CT molecular complexity index is 61.4. The molecule has 1 unspecified atom stereocenters. The fraction of sp³-hybridized carbons (Fsp3) is 0.800. The van der Waals surface area contributed by atoms with E-state index in [9.17, 15) is 0 Å². The maximum absolute atomic E-state index is 5.09. The van der Waals surface area contributed by atoms with Crippen LogP contribution in [0.15, 0.2) is 0 Å². The van der Waals surface area contributed by atoms with Crippen molar-refractivity contribution in [1.82, 2.24) is 5.32 Å². The number of morpholine rings is 1. The summed E-state index contributed by atoms with van der Waals surface area (Å²) in [5.41, 5.74) is 0. The molecule has 47 valence electrons. The standard InChI is InChI=1S/C5H10NO2/c1-7-5-4-6-2-3-8-5/h2,5-6H,3-4H2,1H3. The summed E-state index contributed by atoms with van der Waals surface area (Å²) in [5, 5.41) is 3.01. The fourth-order valence-electron chi connectivity index (χ4n) is 0.604. The Kier molecular flexibility index (Phi) is 2.27. The first-order valence-corrected chi connectivity index (χ1v) is 2.63. The molecule has 3 nitrogen and oxygen atoms in total. The van der Waals surface area contributed by atoms with E-state index < -0.39 is 0 Å². The maximum atomic E-state index is 5.09. The van der Waals surface area contributed by atoms with E-state index in [4.69, 9.17) is 9.47 Å². The van der Waals surface area contributed by atoms with Gasteiger partial charge in [-0.3, -0.25) is 0 Å². The zero-order chi connectivity index (χ0) is 5.82. The first-order chi connectivity index (χ1) is 3.93. The highest BCUT2D eigenvalue weighted by molar-refractivity contribution is 4.67. The van der Waals surface area contributed by atoms with Gasteiger partial charge < -0.3 is 14.8 Å². The van der Waals surface area contributed by atoms with Crippen LogP contribution < -0.4 is 5.32 Å². The summed E-state index contributed by atoms with van der Waals surface area (Å²) in [5.74, 6) is 0. The van der Waals surface area contributed by atoms with Crippen LogP contribution in [0.1, 0.15) is 0 Å². The highest BCUT2D eigenvalue weighted by atomic mass is 16.7. The summed E-state index contributed by atoms with van der Waals surface area (Å²) in [4.78, 5) is 0. The third-order valence-corrected chi connectivity index (χ3v) is 1.06. The Balaban J connectivity index is 2.13. The van der Waals surface area contributed by atoms with Gasteiger partial charge in [-0.1, -0.05) is 0 Å². The molecule has 0 aromatic rings. The molecule has 1 fully saturated rings. The topological polar surface area (TPSA) is 30.5 Å². The molecule has 0 saturated carbocycles. The zero-order valence-corrected chi connectivity index (χ0v) is 4.89.